The Balaban J connectivity index is 1.65. The first-order valence-electron chi connectivity index (χ1n) is 8.77. The molecule has 0 aliphatic carbocycles. The van der Waals surface area contributed by atoms with Gasteiger partial charge < -0.3 is 4.90 Å². The largest absolute Gasteiger partial charge is 0.336 e. The van der Waals surface area contributed by atoms with Crippen molar-refractivity contribution in [3.05, 3.63) is 74.8 Å². The van der Waals surface area contributed by atoms with Crippen molar-refractivity contribution in [1.29, 1.82) is 0 Å². The van der Waals surface area contributed by atoms with Crippen LogP contribution in [0.4, 0.5) is 5.69 Å². The topological polar surface area (TPSA) is 66.7 Å². The van der Waals surface area contributed by atoms with Gasteiger partial charge in [-0.2, -0.15) is 0 Å². The molecule has 1 fully saturated rings. The van der Waals surface area contributed by atoms with E-state index < -0.39 is 0 Å². The summed E-state index contributed by atoms with van der Waals surface area (Å²) in [5, 5.41) is 11.2. The van der Waals surface area contributed by atoms with E-state index in [0.717, 1.165) is 16.7 Å². The van der Waals surface area contributed by atoms with Crippen molar-refractivity contribution >= 4 is 11.6 Å². The predicted molar refractivity (Wildman–Crippen MR) is 100 cm³/mol. The molecule has 1 amide bonds. The first kappa shape index (κ1) is 18.1. The molecule has 2 aromatic carbocycles. The SMILES string of the molecule is Cc1cccc(C)c1C(=O)N1CCN(Cc2ccccc2[N+](=O)[O-])CC1. The molecule has 1 aliphatic heterocycles. The van der Waals surface area contributed by atoms with Crippen molar-refractivity contribution in [2.75, 3.05) is 26.2 Å². The van der Waals surface area contributed by atoms with Crippen molar-refractivity contribution in [1.82, 2.24) is 9.80 Å². The molecule has 26 heavy (non-hydrogen) atoms. The van der Waals surface area contributed by atoms with Gasteiger partial charge in [-0.1, -0.05) is 36.4 Å². The smallest absolute Gasteiger partial charge is 0.273 e. The first-order valence-corrected chi connectivity index (χ1v) is 8.77. The zero-order valence-corrected chi connectivity index (χ0v) is 15.1. The number of benzene rings is 2. The molecule has 1 heterocycles. The van der Waals surface area contributed by atoms with E-state index in [-0.39, 0.29) is 16.5 Å². The van der Waals surface area contributed by atoms with Crippen LogP contribution < -0.4 is 0 Å². The molecule has 0 bridgehead atoms. The highest BCUT2D eigenvalue weighted by molar-refractivity contribution is 5.97. The van der Waals surface area contributed by atoms with Gasteiger partial charge in [-0.25, -0.2) is 0 Å². The van der Waals surface area contributed by atoms with E-state index in [4.69, 9.17) is 0 Å². The maximum atomic E-state index is 12.9. The van der Waals surface area contributed by atoms with Crippen LogP contribution in [0.3, 0.4) is 0 Å². The third kappa shape index (κ3) is 3.75. The molecule has 0 N–H and O–H groups in total. The van der Waals surface area contributed by atoms with Crippen LogP contribution in [0.15, 0.2) is 42.5 Å². The molecule has 6 nitrogen and oxygen atoms in total. The lowest BCUT2D eigenvalue weighted by Crippen LogP contribution is -2.48. The second-order valence-electron chi connectivity index (χ2n) is 6.72. The van der Waals surface area contributed by atoms with Gasteiger partial charge in [-0.15, -0.1) is 0 Å². The number of aryl methyl sites for hydroxylation is 2. The van der Waals surface area contributed by atoms with Crippen molar-refractivity contribution in [2.45, 2.75) is 20.4 Å². The van der Waals surface area contributed by atoms with Gasteiger partial charge >= 0.3 is 0 Å². The van der Waals surface area contributed by atoms with Crippen LogP contribution in [0.25, 0.3) is 0 Å². The summed E-state index contributed by atoms with van der Waals surface area (Å²) < 4.78 is 0. The molecular weight excluding hydrogens is 330 g/mol. The number of rotatable bonds is 4. The number of carbonyl (C=O) groups is 1. The predicted octanol–water partition coefficient (Wildman–Crippen LogP) is 3.17. The highest BCUT2D eigenvalue weighted by Crippen LogP contribution is 2.21. The number of para-hydroxylation sites is 1. The molecule has 0 spiro atoms. The summed E-state index contributed by atoms with van der Waals surface area (Å²) >= 11 is 0. The summed E-state index contributed by atoms with van der Waals surface area (Å²) in [6.07, 6.45) is 0. The number of carbonyl (C=O) groups excluding carboxylic acids is 1. The Kier molecular flexibility index (Phi) is 5.32. The maximum absolute atomic E-state index is 12.9. The van der Waals surface area contributed by atoms with Crippen LogP contribution in [0.5, 0.6) is 0 Å². The molecule has 6 heteroatoms. The third-order valence-electron chi connectivity index (χ3n) is 4.94. The fourth-order valence-electron chi connectivity index (χ4n) is 3.48. The van der Waals surface area contributed by atoms with Crippen LogP contribution >= 0.6 is 0 Å². The normalized spacial score (nSPS) is 15.1. The van der Waals surface area contributed by atoms with Gasteiger partial charge in [0.15, 0.2) is 0 Å². The Hall–Kier alpha value is -2.73. The second kappa shape index (κ2) is 7.66. The summed E-state index contributed by atoms with van der Waals surface area (Å²) in [5.41, 5.74) is 3.66. The molecule has 136 valence electrons. The molecule has 0 aromatic heterocycles. The number of piperazine rings is 1. The molecule has 1 aliphatic rings. The van der Waals surface area contributed by atoms with Crippen molar-refractivity contribution in [3.8, 4) is 0 Å². The molecule has 0 atom stereocenters. The fourth-order valence-corrected chi connectivity index (χ4v) is 3.48. The van der Waals surface area contributed by atoms with Crippen LogP contribution in [0.1, 0.15) is 27.0 Å². The Morgan fingerprint density at radius 3 is 2.23 bits per heavy atom. The van der Waals surface area contributed by atoms with Gasteiger partial charge in [0.25, 0.3) is 11.6 Å². The molecule has 0 unspecified atom stereocenters. The first-order chi connectivity index (χ1) is 12.5. The highest BCUT2D eigenvalue weighted by Gasteiger charge is 2.25. The molecule has 0 saturated carbocycles. The maximum Gasteiger partial charge on any atom is 0.273 e. The molecule has 1 saturated heterocycles. The van der Waals surface area contributed by atoms with E-state index in [1.165, 1.54) is 6.07 Å². The number of nitrogens with zero attached hydrogens (tertiary/aromatic N) is 3. The Labute approximate surface area is 153 Å². The Morgan fingerprint density at radius 2 is 1.62 bits per heavy atom. The van der Waals surface area contributed by atoms with Gasteiger partial charge in [0.1, 0.15) is 0 Å². The van der Waals surface area contributed by atoms with E-state index in [0.29, 0.717) is 38.3 Å². The minimum absolute atomic E-state index is 0.0749. The van der Waals surface area contributed by atoms with Crippen molar-refractivity contribution < 1.29 is 9.72 Å². The van der Waals surface area contributed by atoms with E-state index in [1.807, 2.05) is 43.0 Å². The molecule has 3 rings (SSSR count). The van der Waals surface area contributed by atoms with Gasteiger partial charge in [0.2, 0.25) is 0 Å². The number of hydrogen-bond acceptors (Lipinski definition) is 4. The van der Waals surface area contributed by atoms with Gasteiger partial charge in [0, 0.05) is 49.9 Å². The quantitative estimate of drug-likeness (QED) is 0.625. The lowest BCUT2D eigenvalue weighted by molar-refractivity contribution is -0.385. The van der Waals surface area contributed by atoms with Crippen molar-refractivity contribution in [2.24, 2.45) is 0 Å². The number of amides is 1. The fraction of sp³-hybridized carbons (Fsp3) is 0.350. The zero-order valence-electron chi connectivity index (χ0n) is 15.1. The summed E-state index contributed by atoms with van der Waals surface area (Å²) in [4.78, 5) is 27.7. The average Bonchev–Trinajstić information content (AvgIpc) is 2.62. The summed E-state index contributed by atoms with van der Waals surface area (Å²) in [7, 11) is 0. The minimum Gasteiger partial charge on any atom is -0.336 e. The number of nitro groups is 1. The third-order valence-corrected chi connectivity index (χ3v) is 4.94. The highest BCUT2D eigenvalue weighted by atomic mass is 16.6. The Bertz CT molecular complexity index is 807. The monoisotopic (exact) mass is 353 g/mol. The van der Waals surface area contributed by atoms with E-state index >= 15 is 0 Å². The van der Waals surface area contributed by atoms with Gasteiger partial charge in [-0.05, 0) is 25.0 Å². The standard InChI is InChI=1S/C20H23N3O3/c1-15-6-5-7-16(2)19(15)20(24)22-12-10-21(11-13-22)14-17-8-3-4-9-18(17)23(25)26/h3-9H,10-14H2,1-2H3. The second-order valence-corrected chi connectivity index (χ2v) is 6.72. The lowest BCUT2D eigenvalue weighted by atomic mass is 10.0. The lowest BCUT2D eigenvalue weighted by Gasteiger charge is -2.35. The van der Waals surface area contributed by atoms with Crippen LogP contribution in [-0.4, -0.2) is 46.8 Å². The number of nitro benzene ring substituents is 1. The van der Waals surface area contributed by atoms with Crippen LogP contribution in [0.2, 0.25) is 0 Å². The molecular formula is C20H23N3O3. The Morgan fingerprint density at radius 1 is 1.00 bits per heavy atom. The zero-order chi connectivity index (χ0) is 18.7. The van der Waals surface area contributed by atoms with E-state index in [2.05, 4.69) is 4.90 Å². The van der Waals surface area contributed by atoms with E-state index in [1.54, 1.807) is 12.1 Å². The summed E-state index contributed by atoms with van der Waals surface area (Å²) in [5.74, 6) is 0.0749. The van der Waals surface area contributed by atoms with Gasteiger partial charge in [0.05, 0.1) is 4.92 Å². The van der Waals surface area contributed by atoms with Crippen molar-refractivity contribution in [3.63, 3.8) is 0 Å². The molecule has 0 radical (unpaired) electrons. The van der Waals surface area contributed by atoms with E-state index in [9.17, 15) is 14.9 Å². The summed E-state index contributed by atoms with van der Waals surface area (Å²) in [6.45, 7) is 7.14. The molecule has 2 aromatic rings. The van der Waals surface area contributed by atoms with Crippen LogP contribution in [0, 0.1) is 24.0 Å². The van der Waals surface area contributed by atoms with Crippen LogP contribution in [-0.2, 0) is 6.54 Å². The summed E-state index contributed by atoms with van der Waals surface area (Å²) in [6, 6.07) is 12.7. The number of hydrogen-bond donors (Lipinski definition) is 0. The average molecular weight is 353 g/mol. The van der Waals surface area contributed by atoms with Gasteiger partial charge in [-0.3, -0.25) is 19.8 Å². The minimum atomic E-state index is -0.337.